The van der Waals surface area contributed by atoms with Gasteiger partial charge in [0.15, 0.2) is 16.7 Å². The van der Waals surface area contributed by atoms with Gasteiger partial charge in [-0.25, -0.2) is 14.4 Å². The van der Waals surface area contributed by atoms with E-state index in [2.05, 4.69) is 28.1 Å². The normalized spacial score (nSPS) is 14.2. The molecule has 3 aromatic carbocycles. The molecule has 4 aromatic rings. The number of thioether (sulfide) groups is 1. The van der Waals surface area contributed by atoms with Crippen molar-refractivity contribution in [3.63, 3.8) is 0 Å². The lowest BCUT2D eigenvalue weighted by molar-refractivity contribution is 0.0951. The quantitative estimate of drug-likeness (QED) is 0.205. The molecule has 1 fully saturated rings. The number of hydrogen-bond acceptors (Lipinski definition) is 8. The van der Waals surface area contributed by atoms with E-state index in [0.29, 0.717) is 29.3 Å². The highest BCUT2D eigenvalue weighted by atomic mass is 32.2. The monoisotopic (exact) mass is 585 g/mol. The number of hydrogen-bond donors (Lipinski definition) is 1. The van der Waals surface area contributed by atoms with Crippen molar-refractivity contribution in [2.75, 3.05) is 42.8 Å². The summed E-state index contributed by atoms with van der Waals surface area (Å²) in [4.78, 5) is 26.6. The first-order chi connectivity index (χ1) is 20.6. The number of rotatable bonds is 9. The standard InChI is InChI=1S/C32H32FN5O3S/c1-2-25-18-30(38-15-13-37(14-16-38)27-6-4-3-5-26(27)33)36-32(35-25)42-20-22-7-10-24(11-8-22)31(39)34-19-23-9-12-28-29(17-23)41-21-40-28/h3-12,17-18H,2,13-16,19-21H2,1H3,(H,34,39). The third kappa shape index (κ3) is 6.44. The van der Waals surface area contributed by atoms with E-state index in [1.165, 1.54) is 6.07 Å². The number of fused-ring (bicyclic) bond motifs is 1. The van der Waals surface area contributed by atoms with Crippen LogP contribution in [0.4, 0.5) is 15.9 Å². The summed E-state index contributed by atoms with van der Waals surface area (Å²) in [5, 5.41) is 3.69. The molecule has 0 aliphatic carbocycles. The first-order valence-electron chi connectivity index (χ1n) is 14.1. The van der Waals surface area contributed by atoms with Crippen LogP contribution in [0.2, 0.25) is 0 Å². The maximum Gasteiger partial charge on any atom is 0.251 e. The van der Waals surface area contributed by atoms with E-state index in [9.17, 15) is 9.18 Å². The third-order valence-electron chi connectivity index (χ3n) is 7.38. The average Bonchev–Trinajstić information content (AvgIpc) is 3.51. The minimum atomic E-state index is -0.185. The van der Waals surface area contributed by atoms with Gasteiger partial charge in [-0.15, -0.1) is 0 Å². The van der Waals surface area contributed by atoms with Crippen molar-refractivity contribution in [2.45, 2.75) is 30.8 Å². The number of nitrogens with one attached hydrogen (secondary N) is 1. The maximum absolute atomic E-state index is 14.3. The summed E-state index contributed by atoms with van der Waals surface area (Å²) >= 11 is 1.58. The number of piperazine rings is 1. The molecule has 3 heterocycles. The topological polar surface area (TPSA) is 79.8 Å². The van der Waals surface area contributed by atoms with Crippen LogP contribution in [0.5, 0.6) is 11.5 Å². The van der Waals surface area contributed by atoms with Gasteiger partial charge in [0.1, 0.15) is 11.6 Å². The van der Waals surface area contributed by atoms with Crippen molar-refractivity contribution in [3.05, 3.63) is 101 Å². The fourth-order valence-electron chi connectivity index (χ4n) is 4.99. The third-order valence-corrected chi connectivity index (χ3v) is 8.30. The highest BCUT2D eigenvalue weighted by molar-refractivity contribution is 7.98. The van der Waals surface area contributed by atoms with Crippen LogP contribution in [0.15, 0.2) is 78.0 Å². The van der Waals surface area contributed by atoms with Crippen molar-refractivity contribution < 1.29 is 18.7 Å². The summed E-state index contributed by atoms with van der Waals surface area (Å²) in [5.41, 5.74) is 4.27. The second-order valence-corrected chi connectivity index (χ2v) is 11.1. The predicted octanol–water partition coefficient (Wildman–Crippen LogP) is 5.46. The summed E-state index contributed by atoms with van der Waals surface area (Å²) in [5.74, 6) is 2.70. The molecule has 1 aromatic heterocycles. The summed E-state index contributed by atoms with van der Waals surface area (Å²) in [6, 6.07) is 22.3. The minimum absolute atomic E-state index is 0.134. The maximum atomic E-state index is 14.3. The number of benzene rings is 3. The van der Waals surface area contributed by atoms with Crippen LogP contribution < -0.4 is 24.6 Å². The van der Waals surface area contributed by atoms with Crippen LogP contribution in [-0.2, 0) is 18.7 Å². The molecular formula is C32H32FN5O3S. The zero-order valence-electron chi connectivity index (χ0n) is 23.4. The van der Waals surface area contributed by atoms with Gasteiger partial charge in [-0.1, -0.05) is 49.0 Å². The Kier molecular flexibility index (Phi) is 8.41. The van der Waals surface area contributed by atoms with E-state index < -0.39 is 0 Å². The van der Waals surface area contributed by atoms with Crippen LogP contribution in [-0.4, -0.2) is 48.8 Å². The first kappa shape index (κ1) is 27.8. The highest BCUT2D eigenvalue weighted by Crippen LogP contribution is 2.32. The van der Waals surface area contributed by atoms with Crippen molar-refractivity contribution in [2.24, 2.45) is 0 Å². The number of nitrogens with zero attached hydrogens (tertiary/aromatic N) is 4. The number of aromatic nitrogens is 2. The van der Waals surface area contributed by atoms with Gasteiger partial charge in [0.05, 0.1) is 5.69 Å². The van der Waals surface area contributed by atoms with E-state index in [-0.39, 0.29) is 18.5 Å². The lowest BCUT2D eigenvalue weighted by atomic mass is 10.1. The Morgan fingerprint density at radius 3 is 2.43 bits per heavy atom. The summed E-state index contributed by atoms with van der Waals surface area (Å²) in [6.07, 6.45) is 0.814. The molecule has 8 nitrogen and oxygen atoms in total. The van der Waals surface area contributed by atoms with E-state index in [4.69, 9.17) is 19.4 Å². The number of carbonyl (C=O) groups excluding carboxylic acids is 1. The molecule has 0 spiro atoms. The Bertz CT molecular complexity index is 1560. The summed E-state index contributed by atoms with van der Waals surface area (Å²) in [7, 11) is 0. The Labute approximate surface area is 248 Å². The molecule has 0 atom stereocenters. The Morgan fingerprint density at radius 2 is 1.64 bits per heavy atom. The molecule has 10 heteroatoms. The van der Waals surface area contributed by atoms with E-state index >= 15 is 0 Å². The number of halogens is 1. The van der Waals surface area contributed by atoms with Crippen molar-refractivity contribution >= 4 is 29.2 Å². The fourth-order valence-corrected chi connectivity index (χ4v) is 5.82. The number of para-hydroxylation sites is 1. The van der Waals surface area contributed by atoms with Gasteiger partial charge in [-0.2, -0.15) is 0 Å². The zero-order valence-corrected chi connectivity index (χ0v) is 24.2. The van der Waals surface area contributed by atoms with Gasteiger partial charge in [0, 0.05) is 55.8 Å². The Hall–Kier alpha value is -4.31. The summed E-state index contributed by atoms with van der Waals surface area (Å²) in [6.45, 7) is 5.69. The van der Waals surface area contributed by atoms with Crippen LogP contribution in [0.3, 0.4) is 0 Å². The Morgan fingerprint density at radius 1 is 0.905 bits per heavy atom. The largest absolute Gasteiger partial charge is 0.454 e. The number of ether oxygens (including phenoxy) is 2. The second-order valence-electron chi connectivity index (χ2n) is 10.1. The molecule has 2 aliphatic heterocycles. The molecule has 0 unspecified atom stereocenters. The lowest BCUT2D eigenvalue weighted by Crippen LogP contribution is -2.47. The number of amides is 1. The second kappa shape index (κ2) is 12.7. The van der Waals surface area contributed by atoms with Gasteiger partial charge >= 0.3 is 0 Å². The van der Waals surface area contributed by atoms with Crippen LogP contribution in [0, 0.1) is 5.82 Å². The lowest BCUT2D eigenvalue weighted by Gasteiger charge is -2.37. The van der Waals surface area contributed by atoms with Crippen LogP contribution in [0.25, 0.3) is 0 Å². The number of carbonyl (C=O) groups is 1. The van der Waals surface area contributed by atoms with Crippen LogP contribution in [0.1, 0.15) is 34.1 Å². The van der Waals surface area contributed by atoms with E-state index in [1.54, 1.807) is 17.8 Å². The molecule has 6 rings (SSSR count). The predicted molar refractivity (Wildman–Crippen MR) is 162 cm³/mol. The zero-order chi connectivity index (χ0) is 28.9. The molecule has 0 bridgehead atoms. The molecule has 0 radical (unpaired) electrons. The molecule has 216 valence electrons. The Balaban J connectivity index is 1.03. The molecule has 1 amide bonds. The average molecular weight is 586 g/mol. The van der Waals surface area contributed by atoms with Crippen LogP contribution >= 0.6 is 11.8 Å². The molecule has 42 heavy (non-hydrogen) atoms. The smallest absolute Gasteiger partial charge is 0.251 e. The highest BCUT2D eigenvalue weighted by Gasteiger charge is 2.21. The molecule has 1 saturated heterocycles. The fraction of sp³-hybridized carbons (Fsp3) is 0.281. The number of aryl methyl sites for hydroxylation is 1. The van der Waals surface area contributed by atoms with Gasteiger partial charge in [0.2, 0.25) is 6.79 Å². The van der Waals surface area contributed by atoms with E-state index in [1.807, 2.05) is 54.6 Å². The first-order valence-corrected chi connectivity index (χ1v) is 15.0. The molecule has 2 aliphatic rings. The SMILES string of the molecule is CCc1cc(N2CCN(c3ccccc3F)CC2)nc(SCc2ccc(C(=O)NCc3ccc4c(c3)OCO4)cc2)n1. The van der Waals surface area contributed by atoms with Crippen molar-refractivity contribution in [1.82, 2.24) is 15.3 Å². The molecule has 1 N–H and O–H groups in total. The van der Waals surface area contributed by atoms with Gasteiger partial charge in [0.25, 0.3) is 5.91 Å². The van der Waals surface area contributed by atoms with E-state index in [0.717, 1.165) is 66.1 Å². The number of anilines is 2. The van der Waals surface area contributed by atoms with Crippen molar-refractivity contribution in [1.29, 1.82) is 0 Å². The van der Waals surface area contributed by atoms with Gasteiger partial charge in [-0.05, 0) is 53.9 Å². The molecular weight excluding hydrogens is 553 g/mol. The minimum Gasteiger partial charge on any atom is -0.454 e. The summed E-state index contributed by atoms with van der Waals surface area (Å²) < 4.78 is 25.0. The molecule has 0 saturated carbocycles. The van der Waals surface area contributed by atoms with Gasteiger partial charge in [-0.3, -0.25) is 4.79 Å². The van der Waals surface area contributed by atoms with Gasteiger partial charge < -0.3 is 24.6 Å². The van der Waals surface area contributed by atoms with Crippen molar-refractivity contribution in [3.8, 4) is 11.5 Å².